The van der Waals surface area contributed by atoms with Crippen molar-refractivity contribution in [3.05, 3.63) is 81.9 Å². The van der Waals surface area contributed by atoms with Crippen molar-refractivity contribution in [1.29, 1.82) is 0 Å². The average Bonchev–Trinajstić information content (AvgIpc) is 3.50. The van der Waals surface area contributed by atoms with Crippen molar-refractivity contribution < 1.29 is 61.3 Å². The third-order valence-electron chi connectivity index (χ3n) is 10.9. The highest BCUT2D eigenvalue weighted by atomic mass is 32.2. The summed E-state index contributed by atoms with van der Waals surface area (Å²) >= 11 is 0. The maximum absolute atomic E-state index is 12.3. The first-order valence-corrected chi connectivity index (χ1v) is 25.6. The molecule has 0 saturated carbocycles. The van der Waals surface area contributed by atoms with E-state index in [-0.39, 0.29) is 56.0 Å². The van der Waals surface area contributed by atoms with Crippen LogP contribution in [-0.2, 0) is 56.1 Å². The van der Waals surface area contributed by atoms with Crippen LogP contribution in [0.15, 0.2) is 75.2 Å². The normalized spacial score (nSPS) is 18.4. The molecule has 0 bridgehead atoms. The van der Waals surface area contributed by atoms with Gasteiger partial charge in [-0.15, -0.1) is 0 Å². The van der Waals surface area contributed by atoms with E-state index in [4.69, 9.17) is 5.53 Å². The van der Waals surface area contributed by atoms with Gasteiger partial charge in [0.25, 0.3) is 40.5 Å². The second kappa shape index (κ2) is 19.9. The third-order valence-corrected chi connectivity index (χ3v) is 14.2. The molecule has 336 valence electrons. The second-order valence-electron chi connectivity index (χ2n) is 15.7. The number of benzene rings is 2. The Morgan fingerprint density at radius 2 is 1.44 bits per heavy atom. The standard InChI is InChI=1S/C38H52N6O13S4/c1-37(2)30-26-28(60(52,53)54)15-17-32(30)43(22-7-4-5-14-36(45)40-20-10-21-41-42-39)34(37)12-9-13-35-38(3,19-6-8-24-58(46,47)48)31-27-29(61(55,56)57)16-18-33(31)44(35)23-11-25-59(49,50)51/h9,12-13,15-18,26-27H,4-8,10-11,14,19-25H2,1-3H3,(H4-,40,45,46,47,48,49,50,51,52,53,54,55,56,57)/p+1. The van der Waals surface area contributed by atoms with Crippen LogP contribution in [0.25, 0.3) is 10.4 Å². The first-order valence-electron chi connectivity index (χ1n) is 19.5. The molecule has 0 aromatic heterocycles. The fraction of sp³-hybridized carbons (Fsp3) is 0.526. The predicted octanol–water partition coefficient (Wildman–Crippen LogP) is 5.49. The van der Waals surface area contributed by atoms with Gasteiger partial charge in [0.05, 0.1) is 26.7 Å². The Labute approximate surface area is 357 Å². The SMILES string of the molecule is CC1(C)C(/C=C/C=C2/N(CCCS(=O)(=O)O)c3ccc(S(=O)(=O)O)cc3C2(C)CCCCS(=O)(=O)O)=[N+](CCCCCC(=O)NCCCN=[N+]=[N-])c2ccc(S(=O)(=O)O)cc21. The molecule has 0 aliphatic carbocycles. The number of unbranched alkanes of at least 4 members (excludes halogenated alkanes) is 3. The van der Waals surface area contributed by atoms with E-state index in [2.05, 4.69) is 15.3 Å². The second-order valence-corrected chi connectivity index (χ2v) is 21.7. The molecular formula is C38H53N6O13S4+. The Morgan fingerprint density at radius 3 is 2.07 bits per heavy atom. The van der Waals surface area contributed by atoms with Gasteiger partial charge in [0.1, 0.15) is 6.54 Å². The number of hydrogen-bond donors (Lipinski definition) is 5. The zero-order chi connectivity index (χ0) is 45.4. The van der Waals surface area contributed by atoms with Gasteiger partial charge in [0.15, 0.2) is 5.71 Å². The number of anilines is 1. The van der Waals surface area contributed by atoms with Crippen LogP contribution in [0.5, 0.6) is 0 Å². The number of amides is 1. The molecule has 19 nitrogen and oxygen atoms in total. The molecule has 23 heteroatoms. The highest BCUT2D eigenvalue weighted by molar-refractivity contribution is 7.86. The maximum Gasteiger partial charge on any atom is 0.294 e. The van der Waals surface area contributed by atoms with E-state index in [9.17, 15) is 56.7 Å². The molecular weight excluding hydrogens is 877 g/mol. The first-order chi connectivity index (χ1) is 28.3. The number of allylic oxidation sites excluding steroid dienone is 4. The van der Waals surface area contributed by atoms with Gasteiger partial charge in [0.2, 0.25) is 11.6 Å². The molecule has 2 aromatic carbocycles. The fourth-order valence-corrected chi connectivity index (χ4v) is 9.97. The summed E-state index contributed by atoms with van der Waals surface area (Å²) < 4.78 is 136. The Balaban J connectivity index is 1.76. The van der Waals surface area contributed by atoms with Crippen LogP contribution in [0.3, 0.4) is 0 Å². The minimum Gasteiger partial charge on any atom is -0.356 e. The van der Waals surface area contributed by atoms with Crippen LogP contribution in [-0.4, -0.2) is 106 Å². The number of hydrogen-bond acceptors (Lipinski definition) is 11. The summed E-state index contributed by atoms with van der Waals surface area (Å²) in [5, 5.41) is 6.24. The van der Waals surface area contributed by atoms with Crippen molar-refractivity contribution in [2.45, 2.75) is 99.2 Å². The van der Waals surface area contributed by atoms with Gasteiger partial charge in [-0.2, -0.15) is 38.2 Å². The highest BCUT2D eigenvalue weighted by Gasteiger charge is 2.46. The number of carbonyl (C=O) groups excluding carboxylic acids is 1. The Hall–Kier alpha value is -4.19. The summed E-state index contributed by atoms with van der Waals surface area (Å²) in [6, 6.07) is 8.34. The van der Waals surface area contributed by atoms with Crippen LogP contribution in [0, 0.1) is 0 Å². The van der Waals surface area contributed by atoms with E-state index in [0.717, 1.165) is 5.71 Å². The summed E-state index contributed by atoms with van der Waals surface area (Å²) in [7, 11) is -17.9. The van der Waals surface area contributed by atoms with Gasteiger partial charge < -0.3 is 10.2 Å². The number of rotatable bonds is 23. The van der Waals surface area contributed by atoms with Crippen LogP contribution < -0.4 is 10.2 Å². The third kappa shape index (κ3) is 13.2. The molecule has 0 saturated heterocycles. The van der Waals surface area contributed by atoms with E-state index in [1.807, 2.05) is 24.5 Å². The lowest BCUT2D eigenvalue weighted by Gasteiger charge is -2.30. The van der Waals surface area contributed by atoms with Crippen molar-refractivity contribution in [3.63, 3.8) is 0 Å². The van der Waals surface area contributed by atoms with Crippen molar-refractivity contribution >= 4 is 63.5 Å². The van der Waals surface area contributed by atoms with Gasteiger partial charge in [0, 0.05) is 71.9 Å². The molecule has 5 N–H and O–H groups in total. The molecule has 0 spiro atoms. The number of fused-ring (bicyclic) bond motifs is 2. The molecule has 2 aromatic rings. The highest BCUT2D eigenvalue weighted by Crippen LogP contribution is 2.51. The fourth-order valence-electron chi connectivity index (χ4n) is 7.89. The smallest absolute Gasteiger partial charge is 0.294 e. The molecule has 61 heavy (non-hydrogen) atoms. The van der Waals surface area contributed by atoms with Crippen LogP contribution in [0.1, 0.15) is 89.7 Å². The van der Waals surface area contributed by atoms with Crippen LogP contribution >= 0.6 is 0 Å². The largest absolute Gasteiger partial charge is 0.356 e. The van der Waals surface area contributed by atoms with Crippen molar-refractivity contribution in [1.82, 2.24) is 5.32 Å². The van der Waals surface area contributed by atoms with Gasteiger partial charge >= 0.3 is 0 Å². The molecule has 1 unspecified atom stereocenters. The van der Waals surface area contributed by atoms with E-state index in [1.54, 1.807) is 30.0 Å². The quantitative estimate of drug-likeness (QED) is 0.0230. The lowest BCUT2D eigenvalue weighted by Crippen LogP contribution is -2.30. The topological polar surface area (TPSA) is 302 Å². The Morgan fingerprint density at radius 1 is 0.820 bits per heavy atom. The Bertz CT molecular complexity index is 2590. The van der Waals surface area contributed by atoms with E-state index in [1.165, 1.54) is 30.3 Å². The summed E-state index contributed by atoms with van der Waals surface area (Å²) in [4.78, 5) is 16.1. The van der Waals surface area contributed by atoms with Gasteiger partial charge in [-0.05, 0) is 107 Å². The minimum absolute atomic E-state index is 0.0408. The molecule has 2 aliphatic heterocycles. The van der Waals surface area contributed by atoms with E-state index >= 15 is 0 Å². The molecule has 0 fully saturated rings. The molecule has 2 aliphatic rings. The van der Waals surface area contributed by atoms with Gasteiger partial charge in [-0.1, -0.05) is 17.6 Å². The minimum atomic E-state index is -4.67. The number of nitrogens with one attached hydrogen (secondary N) is 1. The molecule has 1 amide bonds. The number of carbonyl (C=O) groups is 1. The van der Waals surface area contributed by atoms with E-state index in [0.29, 0.717) is 67.0 Å². The predicted molar refractivity (Wildman–Crippen MR) is 229 cm³/mol. The maximum atomic E-state index is 12.3. The zero-order valence-electron chi connectivity index (χ0n) is 34.1. The van der Waals surface area contributed by atoms with Crippen LogP contribution in [0.4, 0.5) is 11.4 Å². The lowest BCUT2D eigenvalue weighted by atomic mass is 9.77. The summed E-state index contributed by atoms with van der Waals surface area (Å²) in [5.74, 6) is -1.23. The molecule has 1 atom stereocenters. The van der Waals surface area contributed by atoms with Crippen molar-refractivity contribution in [2.75, 3.05) is 42.6 Å². The van der Waals surface area contributed by atoms with Crippen LogP contribution in [0.2, 0.25) is 0 Å². The number of azide groups is 1. The van der Waals surface area contributed by atoms with Crippen molar-refractivity contribution in [2.24, 2.45) is 5.11 Å². The summed E-state index contributed by atoms with van der Waals surface area (Å²) in [6.45, 7) is 6.75. The molecule has 4 rings (SSSR count). The van der Waals surface area contributed by atoms with E-state index < -0.39 is 67.7 Å². The molecule has 2 heterocycles. The van der Waals surface area contributed by atoms with Gasteiger partial charge in [-0.3, -0.25) is 23.0 Å². The van der Waals surface area contributed by atoms with Gasteiger partial charge in [-0.25, -0.2) is 0 Å². The first kappa shape index (κ1) is 49.5. The average molecular weight is 930 g/mol. The summed E-state index contributed by atoms with van der Waals surface area (Å²) in [5.41, 5.74) is 10.1. The Kier molecular flexibility index (Phi) is 16.1. The molecule has 0 radical (unpaired) electrons. The summed E-state index contributed by atoms with van der Waals surface area (Å²) in [6.07, 6.45) is 8.50. The zero-order valence-corrected chi connectivity index (χ0v) is 37.4. The number of nitrogens with zero attached hydrogens (tertiary/aromatic N) is 5. The lowest BCUT2D eigenvalue weighted by molar-refractivity contribution is -0.438. The van der Waals surface area contributed by atoms with Crippen molar-refractivity contribution in [3.8, 4) is 0 Å². The monoisotopic (exact) mass is 929 g/mol.